The van der Waals surface area contributed by atoms with Crippen molar-refractivity contribution in [3.05, 3.63) is 58.6 Å². The third-order valence-electron chi connectivity index (χ3n) is 3.83. The van der Waals surface area contributed by atoms with Crippen molar-refractivity contribution in [3.8, 4) is 11.5 Å². The van der Waals surface area contributed by atoms with Gasteiger partial charge in [0.25, 0.3) is 11.8 Å². The van der Waals surface area contributed by atoms with Gasteiger partial charge in [-0.15, -0.1) is 0 Å². The minimum atomic E-state index is -0.502. The summed E-state index contributed by atoms with van der Waals surface area (Å²) in [7, 11) is 1.50. The van der Waals surface area contributed by atoms with Crippen molar-refractivity contribution in [2.24, 2.45) is 0 Å². The third kappa shape index (κ3) is 3.90. The zero-order valence-corrected chi connectivity index (χ0v) is 15.9. The number of carbonyl (C=O) groups is 2. The molecule has 1 aliphatic heterocycles. The largest absolute Gasteiger partial charge is 0.493 e. The summed E-state index contributed by atoms with van der Waals surface area (Å²) in [5.41, 5.74) is 3.61. The lowest BCUT2D eigenvalue weighted by Crippen LogP contribution is -2.35. The summed E-state index contributed by atoms with van der Waals surface area (Å²) in [6, 6.07) is 12.1. The first-order chi connectivity index (χ1) is 12.9. The molecule has 1 heterocycles. The molecular formula is C20H19ClN2O4. The summed E-state index contributed by atoms with van der Waals surface area (Å²) < 4.78 is 11.2. The Hall–Kier alpha value is -2.99. The Bertz CT molecular complexity index is 910. The molecule has 0 atom stereocenters. The summed E-state index contributed by atoms with van der Waals surface area (Å²) >= 11 is 6.16. The van der Waals surface area contributed by atoms with E-state index in [1.165, 1.54) is 18.2 Å². The van der Waals surface area contributed by atoms with Crippen LogP contribution < -0.4 is 19.9 Å². The van der Waals surface area contributed by atoms with Gasteiger partial charge in [-0.1, -0.05) is 29.8 Å². The SMILES string of the molecule is COc1cc(Cl)cc(C=C2C(=O)NN(c3ccccc3)C2=O)c1OC(C)C. The average molecular weight is 387 g/mol. The number of ether oxygens (including phenoxy) is 2. The number of hydrazine groups is 1. The zero-order valence-electron chi connectivity index (χ0n) is 15.2. The lowest BCUT2D eigenvalue weighted by atomic mass is 10.1. The van der Waals surface area contributed by atoms with Gasteiger partial charge in [-0.2, -0.15) is 0 Å². The van der Waals surface area contributed by atoms with Crippen LogP contribution in [0.25, 0.3) is 6.08 Å². The second-order valence-electron chi connectivity index (χ2n) is 6.17. The predicted molar refractivity (Wildman–Crippen MR) is 104 cm³/mol. The first-order valence-electron chi connectivity index (χ1n) is 8.37. The fourth-order valence-electron chi connectivity index (χ4n) is 2.68. The van der Waals surface area contributed by atoms with E-state index in [0.29, 0.717) is 27.8 Å². The number of hydrogen-bond acceptors (Lipinski definition) is 4. The van der Waals surface area contributed by atoms with Crippen LogP contribution >= 0.6 is 11.6 Å². The zero-order chi connectivity index (χ0) is 19.6. The van der Waals surface area contributed by atoms with Crippen molar-refractivity contribution >= 4 is 35.2 Å². The van der Waals surface area contributed by atoms with Gasteiger partial charge in [-0.3, -0.25) is 15.0 Å². The number of anilines is 1. The topological polar surface area (TPSA) is 67.9 Å². The Kier molecular flexibility index (Phi) is 5.37. The molecule has 0 radical (unpaired) electrons. The molecule has 6 nitrogen and oxygen atoms in total. The van der Waals surface area contributed by atoms with Crippen LogP contribution in [0.1, 0.15) is 19.4 Å². The highest BCUT2D eigenvalue weighted by molar-refractivity contribution is 6.32. The Morgan fingerprint density at radius 3 is 2.48 bits per heavy atom. The van der Waals surface area contributed by atoms with Crippen molar-refractivity contribution in [2.45, 2.75) is 20.0 Å². The van der Waals surface area contributed by atoms with Crippen molar-refractivity contribution in [2.75, 3.05) is 12.1 Å². The molecule has 1 aliphatic rings. The molecule has 1 saturated heterocycles. The smallest absolute Gasteiger partial charge is 0.282 e. The molecule has 0 unspecified atom stereocenters. The number of halogens is 1. The average Bonchev–Trinajstić information content (AvgIpc) is 2.92. The number of amides is 2. The number of nitrogens with one attached hydrogen (secondary N) is 1. The van der Waals surface area contributed by atoms with Gasteiger partial charge >= 0.3 is 0 Å². The van der Waals surface area contributed by atoms with E-state index in [4.69, 9.17) is 21.1 Å². The molecule has 2 aromatic carbocycles. The van der Waals surface area contributed by atoms with E-state index in [0.717, 1.165) is 0 Å². The van der Waals surface area contributed by atoms with Crippen LogP contribution in [0.3, 0.4) is 0 Å². The molecule has 1 N–H and O–H groups in total. The van der Waals surface area contributed by atoms with E-state index in [1.54, 1.807) is 36.4 Å². The van der Waals surface area contributed by atoms with E-state index in [1.807, 2.05) is 19.9 Å². The molecule has 27 heavy (non-hydrogen) atoms. The van der Waals surface area contributed by atoms with Crippen molar-refractivity contribution < 1.29 is 19.1 Å². The quantitative estimate of drug-likeness (QED) is 0.629. The highest BCUT2D eigenvalue weighted by Gasteiger charge is 2.34. The number of methoxy groups -OCH3 is 1. The van der Waals surface area contributed by atoms with Crippen LogP contribution in [0, 0.1) is 0 Å². The number of carbonyl (C=O) groups excluding carboxylic acids is 2. The summed E-state index contributed by atoms with van der Waals surface area (Å²) in [5, 5.41) is 1.61. The first-order valence-corrected chi connectivity index (χ1v) is 8.75. The first kappa shape index (κ1) is 18.8. The third-order valence-corrected chi connectivity index (χ3v) is 4.05. The molecule has 140 valence electrons. The standard InChI is InChI=1S/C20H19ClN2O4/c1-12(2)27-18-13(9-14(21)11-17(18)26-3)10-16-19(24)22-23(20(16)25)15-7-5-4-6-8-15/h4-12H,1-3H3,(H,22,24). The van der Waals surface area contributed by atoms with Crippen molar-refractivity contribution in [1.29, 1.82) is 0 Å². The van der Waals surface area contributed by atoms with Crippen molar-refractivity contribution in [3.63, 3.8) is 0 Å². The van der Waals surface area contributed by atoms with E-state index in [2.05, 4.69) is 5.43 Å². The van der Waals surface area contributed by atoms with Crippen LogP contribution in [0.2, 0.25) is 5.02 Å². The Morgan fingerprint density at radius 2 is 1.85 bits per heavy atom. The highest BCUT2D eigenvalue weighted by atomic mass is 35.5. The molecular weight excluding hydrogens is 368 g/mol. The van der Waals surface area contributed by atoms with E-state index < -0.39 is 11.8 Å². The minimum Gasteiger partial charge on any atom is -0.493 e. The molecule has 2 amide bonds. The minimum absolute atomic E-state index is 0.0169. The molecule has 0 spiro atoms. The number of benzene rings is 2. The van der Waals surface area contributed by atoms with Crippen LogP contribution in [0.5, 0.6) is 11.5 Å². The fraction of sp³-hybridized carbons (Fsp3) is 0.200. The molecule has 1 fully saturated rings. The number of nitrogens with zero attached hydrogens (tertiary/aromatic N) is 1. The van der Waals surface area contributed by atoms with Gasteiger partial charge < -0.3 is 9.47 Å². The maximum absolute atomic E-state index is 12.8. The van der Waals surface area contributed by atoms with E-state index in [-0.39, 0.29) is 11.7 Å². The monoisotopic (exact) mass is 386 g/mol. The number of para-hydroxylation sites is 1. The second kappa shape index (κ2) is 7.72. The normalized spacial score (nSPS) is 15.4. The van der Waals surface area contributed by atoms with Crippen molar-refractivity contribution in [1.82, 2.24) is 5.43 Å². The molecule has 0 aliphatic carbocycles. The van der Waals surface area contributed by atoms with E-state index in [9.17, 15) is 9.59 Å². The lowest BCUT2D eigenvalue weighted by molar-refractivity contribution is -0.117. The predicted octanol–water partition coefficient (Wildman–Crippen LogP) is 3.60. The van der Waals surface area contributed by atoms with Gasteiger partial charge in [0.1, 0.15) is 5.57 Å². The Morgan fingerprint density at radius 1 is 1.15 bits per heavy atom. The van der Waals surface area contributed by atoms with Crippen LogP contribution in [0.4, 0.5) is 5.69 Å². The Balaban J connectivity index is 2.04. The maximum atomic E-state index is 12.8. The van der Waals surface area contributed by atoms with Gasteiger partial charge in [-0.25, -0.2) is 5.01 Å². The number of hydrogen-bond donors (Lipinski definition) is 1. The van der Waals surface area contributed by atoms with Gasteiger partial charge in [0, 0.05) is 16.7 Å². The summed E-state index contributed by atoms with van der Waals surface area (Å²) in [6.45, 7) is 3.74. The fourth-order valence-corrected chi connectivity index (χ4v) is 2.90. The summed E-state index contributed by atoms with van der Waals surface area (Å²) in [6.07, 6.45) is 1.33. The van der Waals surface area contributed by atoms with E-state index >= 15 is 0 Å². The van der Waals surface area contributed by atoms with Crippen LogP contribution in [-0.4, -0.2) is 25.0 Å². The van der Waals surface area contributed by atoms with Gasteiger partial charge in [0.2, 0.25) is 0 Å². The molecule has 0 bridgehead atoms. The number of rotatable bonds is 5. The lowest BCUT2D eigenvalue weighted by Gasteiger charge is -2.16. The molecule has 2 aromatic rings. The van der Waals surface area contributed by atoms with Crippen LogP contribution in [0.15, 0.2) is 48.0 Å². The summed E-state index contributed by atoms with van der Waals surface area (Å²) in [5.74, 6) is -0.115. The highest BCUT2D eigenvalue weighted by Crippen LogP contribution is 2.37. The molecule has 0 saturated carbocycles. The summed E-state index contributed by atoms with van der Waals surface area (Å²) in [4.78, 5) is 25.2. The molecule has 7 heteroatoms. The second-order valence-corrected chi connectivity index (χ2v) is 6.60. The maximum Gasteiger partial charge on any atom is 0.282 e. The van der Waals surface area contributed by atoms with Gasteiger partial charge in [0.15, 0.2) is 11.5 Å². The van der Waals surface area contributed by atoms with Gasteiger partial charge in [-0.05, 0) is 38.1 Å². The molecule has 3 rings (SSSR count). The van der Waals surface area contributed by atoms with Gasteiger partial charge in [0.05, 0.1) is 18.9 Å². The van der Waals surface area contributed by atoms with Crippen LogP contribution in [-0.2, 0) is 9.59 Å². The Labute approximate surface area is 162 Å². The molecule has 0 aromatic heterocycles.